The molecule has 1 rings (SSSR count). The van der Waals surface area contributed by atoms with E-state index in [-0.39, 0.29) is 22.7 Å². The summed E-state index contributed by atoms with van der Waals surface area (Å²) in [4.78, 5) is 16.4. The van der Waals surface area contributed by atoms with Crippen molar-refractivity contribution in [1.82, 2.24) is 4.98 Å². The van der Waals surface area contributed by atoms with Crippen molar-refractivity contribution >= 4 is 23.1 Å². The zero-order valence-electron chi connectivity index (χ0n) is 10.6. The maximum absolute atomic E-state index is 11.0. The number of nitro groups is 1. The predicted molar refractivity (Wildman–Crippen MR) is 70.3 cm³/mol. The summed E-state index contributed by atoms with van der Waals surface area (Å²) in [6.45, 7) is 4.86. The first-order valence-electron chi connectivity index (χ1n) is 5.57. The van der Waals surface area contributed by atoms with Crippen molar-refractivity contribution in [2.24, 2.45) is 0 Å². The third-order valence-electron chi connectivity index (χ3n) is 2.57. The number of pyridine rings is 1. The second-order valence-corrected chi connectivity index (χ2v) is 4.21. The zero-order chi connectivity index (χ0) is 13.7. The Hall–Kier alpha value is -1.40. The Morgan fingerprint density at radius 1 is 1.61 bits per heavy atom. The molecule has 0 amide bonds. The standard InChI is InChI=1S/C11H16ClN3O3/c1-4-14(8(2)7-18-3)11-9(15(16)17)5-6-10(12)13-11/h5-6,8H,4,7H2,1-3H3. The second kappa shape index (κ2) is 6.51. The van der Waals surface area contributed by atoms with Crippen molar-refractivity contribution in [2.75, 3.05) is 25.2 Å². The van der Waals surface area contributed by atoms with Gasteiger partial charge in [0.25, 0.3) is 0 Å². The zero-order valence-corrected chi connectivity index (χ0v) is 11.3. The highest BCUT2D eigenvalue weighted by Gasteiger charge is 2.24. The van der Waals surface area contributed by atoms with Crippen LogP contribution in [0.2, 0.25) is 5.15 Å². The summed E-state index contributed by atoms with van der Waals surface area (Å²) in [5.41, 5.74) is -0.0517. The predicted octanol–water partition coefficient (Wildman–Crippen LogP) is 2.50. The van der Waals surface area contributed by atoms with E-state index >= 15 is 0 Å². The molecule has 0 aliphatic carbocycles. The lowest BCUT2D eigenvalue weighted by Crippen LogP contribution is -2.37. The van der Waals surface area contributed by atoms with Crippen LogP contribution >= 0.6 is 11.6 Å². The van der Waals surface area contributed by atoms with Crippen LogP contribution in [0.15, 0.2) is 12.1 Å². The highest BCUT2D eigenvalue weighted by molar-refractivity contribution is 6.29. The molecule has 1 aromatic rings. The Morgan fingerprint density at radius 3 is 2.78 bits per heavy atom. The normalized spacial score (nSPS) is 12.2. The molecule has 0 aromatic carbocycles. The molecule has 0 aliphatic rings. The van der Waals surface area contributed by atoms with Crippen molar-refractivity contribution in [2.45, 2.75) is 19.9 Å². The topological polar surface area (TPSA) is 68.5 Å². The summed E-state index contributed by atoms with van der Waals surface area (Å²) < 4.78 is 5.07. The van der Waals surface area contributed by atoms with E-state index in [0.717, 1.165) is 0 Å². The first-order valence-corrected chi connectivity index (χ1v) is 5.95. The molecule has 0 aliphatic heterocycles. The van der Waals surface area contributed by atoms with Crippen LogP contribution in [0, 0.1) is 10.1 Å². The minimum Gasteiger partial charge on any atom is -0.383 e. The Balaban J connectivity index is 3.18. The third-order valence-corrected chi connectivity index (χ3v) is 2.78. The number of halogens is 1. The number of ether oxygens (including phenoxy) is 1. The van der Waals surface area contributed by atoms with Crippen molar-refractivity contribution in [1.29, 1.82) is 0 Å². The molecule has 100 valence electrons. The summed E-state index contributed by atoms with van der Waals surface area (Å²) in [7, 11) is 1.59. The van der Waals surface area contributed by atoms with Crippen LogP contribution < -0.4 is 4.90 Å². The van der Waals surface area contributed by atoms with Gasteiger partial charge in [0.15, 0.2) is 0 Å². The lowest BCUT2D eigenvalue weighted by molar-refractivity contribution is -0.384. The molecule has 1 heterocycles. The van der Waals surface area contributed by atoms with Gasteiger partial charge in [-0.1, -0.05) is 11.6 Å². The molecule has 6 nitrogen and oxygen atoms in total. The van der Waals surface area contributed by atoms with Crippen molar-refractivity contribution in [3.8, 4) is 0 Å². The quantitative estimate of drug-likeness (QED) is 0.452. The van der Waals surface area contributed by atoms with Gasteiger partial charge < -0.3 is 9.64 Å². The molecular formula is C11H16ClN3O3. The lowest BCUT2D eigenvalue weighted by atomic mass is 10.2. The number of aromatic nitrogens is 1. The highest BCUT2D eigenvalue weighted by Crippen LogP contribution is 2.28. The molecule has 0 N–H and O–H groups in total. The van der Waals surface area contributed by atoms with Gasteiger partial charge >= 0.3 is 5.69 Å². The van der Waals surface area contributed by atoms with Crippen LogP contribution in [0.4, 0.5) is 11.5 Å². The molecule has 0 saturated heterocycles. The van der Waals surface area contributed by atoms with Crippen LogP contribution in [-0.2, 0) is 4.74 Å². The highest BCUT2D eigenvalue weighted by atomic mass is 35.5. The van der Waals surface area contributed by atoms with Crippen LogP contribution in [0.3, 0.4) is 0 Å². The Labute approximate surface area is 111 Å². The Kier molecular flexibility index (Phi) is 5.30. The first kappa shape index (κ1) is 14.7. The molecule has 18 heavy (non-hydrogen) atoms. The molecule has 0 spiro atoms. The number of rotatable bonds is 6. The van der Waals surface area contributed by atoms with E-state index in [2.05, 4.69) is 4.98 Å². The molecule has 0 saturated carbocycles. The monoisotopic (exact) mass is 273 g/mol. The number of anilines is 1. The van der Waals surface area contributed by atoms with Crippen LogP contribution in [-0.4, -0.2) is 36.2 Å². The number of nitrogens with zero attached hydrogens (tertiary/aromatic N) is 3. The first-order chi connectivity index (χ1) is 8.51. The van der Waals surface area contributed by atoms with Gasteiger partial charge in [0.05, 0.1) is 17.6 Å². The smallest absolute Gasteiger partial charge is 0.311 e. The molecule has 7 heteroatoms. The summed E-state index contributed by atoms with van der Waals surface area (Å²) in [6.07, 6.45) is 0. The van der Waals surface area contributed by atoms with Gasteiger partial charge in [0.2, 0.25) is 5.82 Å². The van der Waals surface area contributed by atoms with E-state index in [4.69, 9.17) is 16.3 Å². The maximum Gasteiger partial charge on any atom is 0.311 e. The fraction of sp³-hybridized carbons (Fsp3) is 0.545. The molecule has 1 unspecified atom stereocenters. The Morgan fingerprint density at radius 2 is 2.28 bits per heavy atom. The third kappa shape index (κ3) is 3.30. The number of likely N-dealkylation sites (N-methyl/N-ethyl adjacent to an activating group) is 1. The van der Waals surface area contributed by atoms with Gasteiger partial charge in [-0.3, -0.25) is 10.1 Å². The van der Waals surface area contributed by atoms with E-state index in [1.165, 1.54) is 12.1 Å². The van der Waals surface area contributed by atoms with Gasteiger partial charge in [-0.2, -0.15) is 0 Å². The van der Waals surface area contributed by atoms with Gasteiger partial charge in [-0.25, -0.2) is 4.98 Å². The fourth-order valence-corrected chi connectivity index (χ4v) is 1.92. The molecule has 1 aromatic heterocycles. The Bertz CT molecular complexity index is 428. The summed E-state index contributed by atoms with van der Waals surface area (Å²) >= 11 is 5.81. The average molecular weight is 274 g/mol. The van der Waals surface area contributed by atoms with Crippen molar-refractivity contribution < 1.29 is 9.66 Å². The second-order valence-electron chi connectivity index (χ2n) is 3.82. The number of hydrogen-bond donors (Lipinski definition) is 0. The molecular weight excluding hydrogens is 258 g/mol. The SMILES string of the molecule is CCN(c1nc(Cl)ccc1[N+](=O)[O-])C(C)COC. The van der Waals surface area contributed by atoms with Crippen LogP contribution in [0.25, 0.3) is 0 Å². The minimum absolute atomic E-state index is 0.0235. The van der Waals surface area contributed by atoms with E-state index in [9.17, 15) is 10.1 Å². The maximum atomic E-state index is 11.0. The fourth-order valence-electron chi connectivity index (χ4n) is 1.77. The van der Waals surface area contributed by atoms with Crippen LogP contribution in [0.5, 0.6) is 0 Å². The van der Waals surface area contributed by atoms with Crippen molar-refractivity contribution in [3.63, 3.8) is 0 Å². The van der Waals surface area contributed by atoms with Gasteiger partial charge in [0.1, 0.15) is 5.15 Å². The molecule has 1 atom stereocenters. The van der Waals surface area contributed by atoms with Gasteiger partial charge in [0, 0.05) is 19.7 Å². The van der Waals surface area contributed by atoms with Gasteiger partial charge in [-0.05, 0) is 19.9 Å². The summed E-state index contributed by atoms with van der Waals surface area (Å²) in [5, 5.41) is 11.2. The summed E-state index contributed by atoms with van der Waals surface area (Å²) in [5.74, 6) is 0.277. The lowest BCUT2D eigenvalue weighted by Gasteiger charge is -2.28. The number of hydrogen-bond acceptors (Lipinski definition) is 5. The largest absolute Gasteiger partial charge is 0.383 e. The van der Waals surface area contributed by atoms with Gasteiger partial charge in [-0.15, -0.1) is 0 Å². The molecule has 0 fully saturated rings. The van der Waals surface area contributed by atoms with Crippen molar-refractivity contribution in [3.05, 3.63) is 27.4 Å². The molecule has 0 radical (unpaired) electrons. The van der Waals surface area contributed by atoms with E-state index in [1.807, 2.05) is 13.8 Å². The summed E-state index contributed by atoms with van der Waals surface area (Å²) in [6, 6.07) is 2.76. The van der Waals surface area contributed by atoms with E-state index in [1.54, 1.807) is 12.0 Å². The number of methoxy groups -OCH3 is 1. The molecule has 0 bridgehead atoms. The van der Waals surface area contributed by atoms with E-state index in [0.29, 0.717) is 13.2 Å². The van der Waals surface area contributed by atoms with E-state index < -0.39 is 4.92 Å². The average Bonchev–Trinajstić information content (AvgIpc) is 2.30. The van der Waals surface area contributed by atoms with Crippen LogP contribution in [0.1, 0.15) is 13.8 Å². The minimum atomic E-state index is -0.457.